The van der Waals surface area contributed by atoms with Gasteiger partial charge in [0, 0.05) is 24.0 Å². The number of hydrogen-bond donors (Lipinski definition) is 2. The average molecular weight is 478 g/mol. The maximum atomic E-state index is 13.5. The van der Waals surface area contributed by atoms with E-state index in [4.69, 9.17) is 0 Å². The molecule has 0 aliphatic carbocycles. The smallest absolute Gasteiger partial charge is 0.309 e. The first kappa shape index (κ1) is 24.4. The van der Waals surface area contributed by atoms with Crippen LogP contribution in [0.2, 0.25) is 0 Å². The highest BCUT2D eigenvalue weighted by Crippen LogP contribution is 2.31. The van der Waals surface area contributed by atoms with E-state index in [-0.39, 0.29) is 12.6 Å². The molecule has 9 heteroatoms. The Morgan fingerprint density at radius 2 is 1.78 bits per heavy atom. The molecule has 2 amide bonds. The van der Waals surface area contributed by atoms with E-state index in [1.807, 2.05) is 50.4 Å². The van der Waals surface area contributed by atoms with Gasteiger partial charge in [-0.25, -0.2) is 8.42 Å². The van der Waals surface area contributed by atoms with E-state index in [1.54, 1.807) is 4.31 Å². The van der Waals surface area contributed by atoms with Crippen LogP contribution in [0, 0.1) is 20.8 Å². The highest BCUT2D eigenvalue weighted by molar-refractivity contribution is 7.89. The Labute approximate surface area is 194 Å². The van der Waals surface area contributed by atoms with Crippen LogP contribution in [0.5, 0.6) is 0 Å². The van der Waals surface area contributed by atoms with E-state index < -0.39 is 21.8 Å². The van der Waals surface area contributed by atoms with Gasteiger partial charge in [-0.15, -0.1) is 11.3 Å². The zero-order valence-corrected chi connectivity index (χ0v) is 20.4. The second-order valence-corrected chi connectivity index (χ2v) is 11.2. The van der Waals surface area contributed by atoms with E-state index in [1.165, 1.54) is 11.3 Å². The Bertz CT molecular complexity index is 1040. The number of aryl methyl sites for hydroxylation is 3. The molecule has 2 heterocycles. The molecule has 1 atom stereocenters. The van der Waals surface area contributed by atoms with Gasteiger partial charge in [0.2, 0.25) is 10.0 Å². The number of sulfonamides is 1. The normalized spacial score (nSPS) is 17.2. The molecule has 1 aliphatic heterocycles. The summed E-state index contributed by atoms with van der Waals surface area (Å²) in [6.07, 6.45) is 2.96. The first-order valence-corrected chi connectivity index (χ1v) is 13.2. The maximum absolute atomic E-state index is 13.5. The van der Waals surface area contributed by atoms with Gasteiger partial charge in [-0.2, -0.15) is 4.31 Å². The number of rotatable bonds is 7. The van der Waals surface area contributed by atoms with Crippen molar-refractivity contribution in [2.45, 2.75) is 63.9 Å². The number of carbonyl (C=O) groups excluding carboxylic acids is 2. The molecule has 1 aromatic heterocycles. The van der Waals surface area contributed by atoms with Gasteiger partial charge in [0.15, 0.2) is 0 Å². The molecule has 0 spiro atoms. The SMILES string of the molecule is Cc1cc(C)c(S(=O)(=O)N2CCCC[C@@H]2CCNC(=O)C(=O)NCc2cccs2)c(C)c1. The summed E-state index contributed by atoms with van der Waals surface area (Å²) in [5.41, 5.74) is 2.54. The highest BCUT2D eigenvalue weighted by atomic mass is 32.2. The summed E-state index contributed by atoms with van der Waals surface area (Å²) < 4.78 is 28.6. The summed E-state index contributed by atoms with van der Waals surface area (Å²) in [5, 5.41) is 7.14. The van der Waals surface area contributed by atoms with Crippen LogP contribution >= 0.6 is 11.3 Å². The lowest BCUT2D eigenvalue weighted by Crippen LogP contribution is -2.46. The summed E-state index contributed by atoms with van der Waals surface area (Å²) in [7, 11) is -3.65. The van der Waals surface area contributed by atoms with Crippen molar-refractivity contribution in [2.24, 2.45) is 0 Å². The Hall–Kier alpha value is -2.23. The topological polar surface area (TPSA) is 95.6 Å². The van der Waals surface area contributed by atoms with E-state index >= 15 is 0 Å². The molecule has 1 fully saturated rings. The number of carbonyl (C=O) groups is 2. The predicted octanol–water partition coefficient (Wildman–Crippen LogP) is 3.04. The van der Waals surface area contributed by atoms with Crippen LogP contribution in [0.1, 0.15) is 47.3 Å². The van der Waals surface area contributed by atoms with Crippen LogP contribution in [0.3, 0.4) is 0 Å². The van der Waals surface area contributed by atoms with E-state index in [0.717, 1.165) is 40.8 Å². The second-order valence-electron chi connectivity index (χ2n) is 8.30. The van der Waals surface area contributed by atoms with Crippen LogP contribution in [0.15, 0.2) is 34.5 Å². The molecule has 2 aromatic rings. The van der Waals surface area contributed by atoms with Gasteiger partial charge in [-0.05, 0) is 62.6 Å². The van der Waals surface area contributed by atoms with Crippen molar-refractivity contribution in [1.29, 1.82) is 0 Å². The molecule has 1 aliphatic rings. The predicted molar refractivity (Wildman–Crippen MR) is 126 cm³/mol. The first-order chi connectivity index (χ1) is 15.2. The Morgan fingerprint density at radius 1 is 1.09 bits per heavy atom. The van der Waals surface area contributed by atoms with Gasteiger partial charge in [-0.3, -0.25) is 9.59 Å². The molecule has 3 rings (SSSR count). The molecular formula is C23H31N3O4S2. The Balaban J connectivity index is 1.61. The molecule has 0 saturated carbocycles. The van der Waals surface area contributed by atoms with Gasteiger partial charge in [0.05, 0.1) is 11.4 Å². The van der Waals surface area contributed by atoms with Crippen molar-refractivity contribution >= 4 is 33.2 Å². The first-order valence-electron chi connectivity index (χ1n) is 10.9. The summed E-state index contributed by atoms with van der Waals surface area (Å²) in [5.74, 6) is -1.38. The van der Waals surface area contributed by atoms with Gasteiger partial charge >= 0.3 is 11.8 Å². The number of nitrogens with one attached hydrogen (secondary N) is 2. The fraction of sp³-hybridized carbons (Fsp3) is 0.478. The van der Waals surface area contributed by atoms with Crippen molar-refractivity contribution in [3.8, 4) is 0 Å². The number of thiophene rings is 1. The summed E-state index contributed by atoms with van der Waals surface area (Å²) in [4.78, 5) is 25.5. The number of nitrogens with zero attached hydrogens (tertiary/aromatic N) is 1. The minimum Gasteiger partial charge on any atom is -0.348 e. The Kier molecular flexibility index (Phi) is 8.08. The lowest BCUT2D eigenvalue weighted by atomic mass is 10.0. The average Bonchev–Trinajstić information content (AvgIpc) is 3.25. The third-order valence-corrected chi connectivity index (χ3v) is 8.85. The quantitative estimate of drug-likeness (QED) is 0.599. The lowest BCUT2D eigenvalue weighted by molar-refractivity contribution is -0.139. The monoisotopic (exact) mass is 477 g/mol. The molecule has 1 aromatic carbocycles. The number of piperidine rings is 1. The molecule has 0 radical (unpaired) electrons. The molecule has 32 heavy (non-hydrogen) atoms. The van der Waals surface area contributed by atoms with Crippen LogP contribution in [-0.2, 0) is 26.2 Å². The number of benzene rings is 1. The minimum atomic E-state index is -3.65. The number of amides is 2. The molecule has 7 nitrogen and oxygen atoms in total. The van der Waals surface area contributed by atoms with Gasteiger partial charge in [-0.1, -0.05) is 30.2 Å². The molecular weight excluding hydrogens is 446 g/mol. The van der Waals surface area contributed by atoms with Gasteiger partial charge in [0.1, 0.15) is 0 Å². The maximum Gasteiger partial charge on any atom is 0.309 e. The third kappa shape index (κ3) is 5.76. The van der Waals surface area contributed by atoms with Gasteiger partial charge < -0.3 is 10.6 Å². The van der Waals surface area contributed by atoms with E-state index in [0.29, 0.717) is 24.4 Å². The summed E-state index contributed by atoms with van der Waals surface area (Å²) in [6, 6.07) is 7.36. The largest absolute Gasteiger partial charge is 0.348 e. The van der Waals surface area contributed by atoms with Crippen LogP contribution < -0.4 is 10.6 Å². The zero-order valence-electron chi connectivity index (χ0n) is 18.8. The summed E-state index contributed by atoms with van der Waals surface area (Å²) >= 11 is 1.51. The summed E-state index contributed by atoms with van der Waals surface area (Å²) in [6.45, 7) is 6.65. The molecule has 0 unspecified atom stereocenters. The van der Waals surface area contributed by atoms with Crippen molar-refractivity contribution in [1.82, 2.24) is 14.9 Å². The van der Waals surface area contributed by atoms with Crippen molar-refractivity contribution < 1.29 is 18.0 Å². The second kappa shape index (κ2) is 10.6. The van der Waals surface area contributed by atoms with E-state index in [9.17, 15) is 18.0 Å². The minimum absolute atomic E-state index is 0.205. The van der Waals surface area contributed by atoms with Crippen LogP contribution in [0.25, 0.3) is 0 Å². The van der Waals surface area contributed by atoms with Crippen LogP contribution in [0.4, 0.5) is 0 Å². The lowest BCUT2D eigenvalue weighted by Gasteiger charge is -2.35. The molecule has 1 saturated heterocycles. The fourth-order valence-electron chi connectivity index (χ4n) is 4.36. The van der Waals surface area contributed by atoms with Crippen LogP contribution in [-0.4, -0.2) is 43.7 Å². The standard InChI is InChI=1S/C23H31N3O4S2/c1-16-13-17(2)21(18(3)14-16)32(29,30)26-11-5-4-7-19(26)9-10-24-22(27)23(28)25-15-20-8-6-12-31-20/h6,8,12-14,19H,4-5,7,9-11,15H2,1-3H3,(H,24,27)(H,25,28)/t19-/m1/s1. The molecule has 2 N–H and O–H groups in total. The van der Waals surface area contributed by atoms with Crippen molar-refractivity contribution in [3.63, 3.8) is 0 Å². The van der Waals surface area contributed by atoms with Crippen molar-refractivity contribution in [3.05, 3.63) is 51.2 Å². The Morgan fingerprint density at radius 3 is 2.44 bits per heavy atom. The number of hydrogen-bond acceptors (Lipinski definition) is 5. The van der Waals surface area contributed by atoms with Crippen molar-refractivity contribution in [2.75, 3.05) is 13.1 Å². The molecule has 174 valence electrons. The highest BCUT2D eigenvalue weighted by Gasteiger charge is 2.35. The molecule has 0 bridgehead atoms. The fourth-order valence-corrected chi connectivity index (χ4v) is 7.15. The third-order valence-electron chi connectivity index (χ3n) is 5.72. The zero-order chi connectivity index (χ0) is 23.3. The van der Waals surface area contributed by atoms with E-state index in [2.05, 4.69) is 10.6 Å². The van der Waals surface area contributed by atoms with Gasteiger partial charge in [0.25, 0.3) is 0 Å².